The summed E-state index contributed by atoms with van der Waals surface area (Å²) in [6.45, 7) is 9.31. The molecule has 1 amide bonds. The van der Waals surface area contributed by atoms with Gasteiger partial charge in [-0.05, 0) is 56.0 Å². The smallest absolute Gasteiger partial charge is 0.411 e. The van der Waals surface area contributed by atoms with E-state index < -0.39 is 60.7 Å². The van der Waals surface area contributed by atoms with Crippen LogP contribution in [0.25, 0.3) is 0 Å². The number of amides is 1. The highest BCUT2D eigenvalue weighted by molar-refractivity contribution is 5.77. The molecule has 1 fully saturated rings. The van der Waals surface area contributed by atoms with Crippen molar-refractivity contribution in [1.29, 1.82) is 0 Å². The summed E-state index contributed by atoms with van der Waals surface area (Å²) in [4.78, 5) is 62.9. The van der Waals surface area contributed by atoms with E-state index in [1.165, 1.54) is 28.2 Å². The van der Waals surface area contributed by atoms with Gasteiger partial charge in [-0.1, -0.05) is 30.3 Å². The number of carbonyl (C=O) groups is 5. The number of nitrogens with two attached hydrogens (primary N) is 1. The Kier molecular flexibility index (Phi) is 14.2. The van der Waals surface area contributed by atoms with Crippen molar-refractivity contribution in [2.45, 2.75) is 91.4 Å². The Morgan fingerprint density at radius 2 is 1.55 bits per heavy atom. The molecular formula is C34H44N2O13. The molecule has 0 spiro atoms. The van der Waals surface area contributed by atoms with Crippen molar-refractivity contribution in [3.05, 3.63) is 59.2 Å². The first-order valence-electron chi connectivity index (χ1n) is 15.6. The van der Waals surface area contributed by atoms with Crippen molar-refractivity contribution < 1.29 is 61.9 Å². The minimum absolute atomic E-state index is 0.0274. The summed E-state index contributed by atoms with van der Waals surface area (Å²) in [5, 5.41) is 0. The van der Waals surface area contributed by atoms with Crippen LogP contribution in [0.4, 0.5) is 10.5 Å². The number of rotatable bonds is 14. The van der Waals surface area contributed by atoms with Crippen molar-refractivity contribution in [1.82, 2.24) is 4.90 Å². The molecule has 0 bridgehead atoms. The van der Waals surface area contributed by atoms with Crippen molar-refractivity contribution >= 4 is 35.7 Å². The number of nitrogens with zero attached hydrogens (tertiary/aromatic N) is 1. The average Bonchev–Trinajstić information content (AvgIpc) is 3.04. The molecule has 15 heteroatoms. The largest absolute Gasteiger partial charge is 0.467 e. The second-order valence-corrected chi connectivity index (χ2v) is 11.3. The van der Waals surface area contributed by atoms with Gasteiger partial charge >= 0.3 is 30.0 Å². The van der Waals surface area contributed by atoms with Gasteiger partial charge in [0.05, 0.1) is 18.9 Å². The van der Waals surface area contributed by atoms with Gasteiger partial charge in [-0.15, -0.1) is 0 Å². The Hall–Kier alpha value is -4.89. The quantitative estimate of drug-likeness (QED) is 0.132. The number of esters is 4. The lowest BCUT2D eigenvalue weighted by Crippen LogP contribution is -2.64. The van der Waals surface area contributed by atoms with E-state index in [-0.39, 0.29) is 30.9 Å². The molecule has 15 nitrogen and oxygen atoms in total. The van der Waals surface area contributed by atoms with E-state index in [2.05, 4.69) is 0 Å². The molecule has 0 radical (unpaired) electrons. The van der Waals surface area contributed by atoms with Crippen LogP contribution >= 0.6 is 0 Å². The third-order valence-corrected chi connectivity index (χ3v) is 7.44. The summed E-state index contributed by atoms with van der Waals surface area (Å²) in [5.74, 6) is -3.42. The number of aryl methyl sites for hydroxylation is 1. The van der Waals surface area contributed by atoms with E-state index in [0.29, 0.717) is 18.5 Å². The van der Waals surface area contributed by atoms with Crippen LogP contribution in [-0.2, 0) is 65.4 Å². The maximum atomic E-state index is 12.8. The van der Waals surface area contributed by atoms with Crippen LogP contribution in [0, 0.1) is 6.92 Å². The zero-order valence-electron chi connectivity index (χ0n) is 28.7. The second kappa shape index (κ2) is 18.0. The molecular weight excluding hydrogens is 644 g/mol. The molecule has 6 atom stereocenters. The Morgan fingerprint density at radius 3 is 2.14 bits per heavy atom. The molecule has 0 aromatic heterocycles. The van der Waals surface area contributed by atoms with Crippen LogP contribution in [0.15, 0.2) is 42.5 Å². The zero-order chi connectivity index (χ0) is 36.2. The Morgan fingerprint density at radius 1 is 0.918 bits per heavy atom. The number of ether oxygens (including phenoxy) is 8. The monoisotopic (exact) mass is 688 g/mol. The average molecular weight is 689 g/mol. The second-order valence-electron chi connectivity index (χ2n) is 11.3. The molecule has 1 unspecified atom stereocenters. The molecule has 268 valence electrons. The summed E-state index contributed by atoms with van der Waals surface area (Å²) in [5.41, 5.74) is 9.18. The third kappa shape index (κ3) is 11.1. The van der Waals surface area contributed by atoms with Crippen LogP contribution in [0.3, 0.4) is 0 Å². The Balaban J connectivity index is 1.70. The fourth-order valence-corrected chi connectivity index (χ4v) is 5.03. The summed E-state index contributed by atoms with van der Waals surface area (Å²) in [6, 6.07) is 12.6. The molecule has 3 rings (SSSR count). The van der Waals surface area contributed by atoms with Crippen molar-refractivity contribution in [3.63, 3.8) is 0 Å². The lowest BCUT2D eigenvalue weighted by atomic mass is 9.97. The summed E-state index contributed by atoms with van der Waals surface area (Å²) < 4.78 is 43.9. The molecule has 1 aliphatic rings. The molecule has 2 N–H and O–H groups in total. The van der Waals surface area contributed by atoms with Crippen LogP contribution in [-0.4, -0.2) is 92.1 Å². The van der Waals surface area contributed by atoms with Gasteiger partial charge in [-0.25, -0.2) is 9.59 Å². The number of hydrogen-bond donors (Lipinski definition) is 1. The van der Waals surface area contributed by atoms with E-state index >= 15 is 0 Å². The van der Waals surface area contributed by atoms with Crippen LogP contribution in [0.5, 0.6) is 5.75 Å². The lowest BCUT2D eigenvalue weighted by molar-refractivity contribution is -0.282. The summed E-state index contributed by atoms with van der Waals surface area (Å²) >= 11 is 0. The van der Waals surface area contributed by atoms with Gasteiger partial charge < -0.3 is 43.6 Å². The van der Waals surface area contributed by atoms with Crippen LogP contribution < -0.4 is 10.5 Å². The maximum Gasteiger partial charge on any atom is 0.411 e. The predicted octanol–water partition coefficient (Wildman–Crippen LogP) is 3.21. The molecule has 49 heavy (non-hydrogen) atoms. The van der Waals surface area contributed by atoms with Crippen molar-refractivity contribution in [2.75, 3.05) is 26.1 Å². The Labute approximate surface area is 284 Å². The predicted molar refractivity (Wildman–Crippen MR) is 172 cm³/mol. The zero-order valence-corrected chi connectivity index (χ0v) is 28.7. The minimum atomic E-state index is -1.63. The number of anilines is 1. The summed E-state index contributed by atoms with van der Waals surface area (Å²) in [6.07, 6.45) is -7.82. The van der Waals surface area contributed by atoms with Gasteiger partial charge in [-0.3, -0.25) is 19.3 Å². The topological polar surface area (TPSA) is 188 Å². The van der Waals surface area contributed by atoms with E-state index in [9.17, 15) is 24.0 Å². The van der Waals surface area contributed by atoms with Gasteiger partial charge in [0, 0.05) is 27.3 Å². The number of methoxy groups -OCH3 is 1. The first-order valence-corrected chi connectivity index (χ1v) is 15.6. The highest BCUT2D eigenvalue weighted by Crippen LogP contribution is 2.33. The SMILES string of the molecule is CCN(COC(C)Cc1ccccc1C)C(=O)OCc1ccc(O[C@@H]2O[C@H](C(=O)OC)[C@@H](OC(C)=O)[C@H](OC(C)=O)[C@H]2OC(C)=O)c(N)c1. The molecule has 1 heterocycles. The minimum Gasteiger partial charge on any atom is -0.467 e. The van der Waals surface area contributed by atoms with E-state index in [1.54, 1.807) is 6.07 Å². The molecule has 0 aliphatic carbocycles. The lowest BCUT2D eigenvalue weighted by Gasteiger charge is -2.43. The normalized spacial score (nSPS) is 20.7. The van der Waals surface area contributed by atoms with E-state index in [1.807, 2.05) is 45.0 Å². The number of hydrogen-bond acceptors (Lipinski definition) is 14. The fourth-order valence-electron chi connectivity index (χ4n) is 5.03. The van der Waals surface area contributed by atoms with Gasteiger partial charge in [-0.2, -0.15) is 0 Å². The maximum absolute atomic E-state index is 12.8. The highest BCUT2D eigenvalue weighted by Gasteiger charge is 2.56. The van der Waals surface area contributed by atoms with Gasteiger partial charge in [0.1, 0.15) is 19.1 Å². The van der Waals surface area contributed by atoms with E-state index in [0.717, 1.165) is 27.9 Å². The van der Waals surface area contributed by atoms with Crippen LogP contribution in [0.1, 0.15) is 51.3 Å². The molecule has 1 saturated heterocycles. The molecule has 2 aromatic carbocycles. The van der Waals surface area contributed by atoms with Crippen LogP contribution in [0.2, 0.25) is 0 Å². The van der Waals surface area contributed by atoms with Gasteiger partial charge in [0.15, 0.2) is 18.3 Å². The molecule has 2 aromatic rings. The number of nitrogen functional groups attached to an aromatic ring is 1. The van der Waals surface area contributed by atoms with Crippen molar-refractivity contribution in [3.8, 4) is 5.75 Å². The number of benzene rings is 2. The number of carbonyl (C=O) groups excluding carboxylic acids is 5. The standard InChI is InChI=1S/C34H44N2O13/c1-8-36(18-44-20(3)15-25-12-10-9-11-19(25)2)34(41)43-17-24-13-14-27(26(35)16-24)48-33-31(47-23(6)39)29(46-22(5)38)28(45-21(4)37)30(49-33)32(40)42-7/h9-14,16,20,28-31,33H,8,15,17-18,35H2,1-7H3/t20?,28-,29-,30-,31+,33+/m0/s1. The third-order valence-electron chi connectivity index (χ3n) is 7.44. The molecule has 0 saturated carbocycles. The van der Waals surface area contributed by atoms with E-state index in [4.69, 9.17) is 43.6 Å². The fraction of sp³-hybridized carbons (Fsp3) is 0.500. The summed E-state index contributed by atoms with van der Waals surface area (Å²) in [7, 11) is 1.08. The first-order chi connectivity index (χ1) is 23.2. The van der Waals surface area contributed by atoms with Crippen molar-refractivity contribution in [2.24, 2.45) is 0 Å². The van der Waals surface area contributed by atoms with Gasteiger partial charge in [0.2, 0.25) is 12.4 Å². The highest BCUT2D eigenvalue weighted by atomic mass is 16.7. The first kappa shape index (κ1) is 38.6. The molecule has 1 aliphatic heterocycles. The Bertz CT molecular complexity index is 1480. The van der Waals surface area contributed by atoms with Gasteiger partial charge in [0.25, 0.3) is 0 Å².